The minimum atomic E-state index is -0.537. The number of benzene rings is 2. The van der Waals surface area contributed by atoms with E-state index < -0.39 is 5.91 Å². The fourth-order valence-corrected chi connectivity index (χ4v) is 2.40. The van der Waals surface area contributed by atoms with Gasteiger partial charge >= 0.3 is 0 Å². The molecule has 0 spiro atoms. The van der Waals surface area contributed by atoms with E-state index in [0.717, 1.165) is 5.56 Å². The highest BCUT2D eigenvalue weighted by molar-refractivity contribution is 6.30. The van der Waals surface area contributed by atoms with Crippen LogP contribution in [0.5, 0.6) is 5.75 Å². The Hall–Kier alpha value is -2.86. The topological polar surface area (TPSA) is 83.0 Å². The first-order valence-corrected chi connectivity index (χ1v) is 7.60. The number of primary amides is 1. The highest BCUT2D eigenvalue weighted by Crippen LogP contribution is 2.22. The monoisotopic (exact) mass is 342 g/mol. The molecule has 0 atom stereocenters. The van der Waals surface area contributed by atoms with Crippen molar-refractivity contribution < 1.29 is 9.53 Å². The van der Waals surface area contributed by atoms with Crippen LogP contribution in [0, 0.1) is 0 Å². The minimum absolute atomic E-state index is 0.168. The van der Waals surface area contributed by atoms with Crippen molar-refractivity contribution in [2.45, 2.75) is 6.61 Å². The van der Waals surface area contributed by atoms with Crippen molar-refractivity contribution in [3.63, 3.8) is 0 Å². The summed E-state index contributed by atoms with van der Waals surface area (Å²) in [6.07, 6.45) is 0. The van der Waals surface area contributed by atoms with Gasteiger partial charge in [0.25, 0.3) is 5.91 Å². The molecule has 1 aromatic heterocycles. The van der Waals surface area contributed by atoms with Gasteiger partial charge in [-0.25, -0.2) is 0 Å². The highest BCUT2D eigenvalue weighted by atomic mass is 35.5. The Morgan fingerprint density at radius 3 is 2.58 bits per heavy atom. The Morgan fingerprint density at radius 2 is 1.88 bits per heavy atom. The van der Waals surface area contributed by atoms with Crippen LogP contribution in [0.2, 0.25) is 5.02 Å². The number of nitrogens with zero attached hydrogens (tertiary/aromatic N) is 3. The third-order valence-corrected chi connectivity index (χ3v) is 3.83. The molecule has 6 nitrogen and oxygen atoms in total. The van der Waals surface area contributed by atoms with E-state index in [9.17, 15) is 4.79 Å². The number of hydrogen-bond acceptors (Lipinski definition) is 4. The molecule has 3 aromatic rings. The molecule has 2 aromatic carbocycles. The smallest absolute Gasteiger partial charge is 0.252 e. The number of ether oxygens (including phenoxy) is 1. The van der Waals surface area contributed by atoms with Crippen molar-refractivity contribution in [1.82, 2.24) is 14.8 Å². The van der Waals surface area contributed by atoms with Gasteiger partial charge in [-0.1, -0.05) is 23.7 Å². The highest BCUT2D eigenvalue weighted by Gasteiger charge is 2.13. The van der Waals surface area contributed by atoms with Gasteiger partial charge < -0.3 is 15.0 Å². The fraction of sp³-hybridized carbons (Fsp3) is 0.118. The van der Waals surface area contributed by atoms with E-state index in [2.05, 4.69) is 10.2 Å². The average molecular weight is 343 g/mol. The number of carbonyl (C=O) groups excluding carboxylic acids is 1. The average Bonchev–Trinajstić information content (AvgIpc) is 2.95. The van der Waals surface area contributed by atoms with Crippen LogP contribution < -0.4 is 10.5 Å². The van der Waals surface area contributed by atoms with Gasteiger partial charge in [0.2, 0.25) is 0 Å². The molecule has 0 radical (unpaired) electrons. The van der Waals surface area contributed by atoms with Crippen LogP contribution in [0.4, 0.5) is 0 Å². The number of rotatable bonds is 5. The Bertz CT molecular complexity index is 875. The van der Waals surface area contributed by atoms with E-state index in [0.29, 0.717) is 28.0 Å². The first-order valence-electron chi connectivity index (χ1n) is 7.22. The summed E-state index contributed by atoms with van der Waals surface area (Å²) < 4.78 is 7.52. The molecule has 24 heavy (non-hydrogen) atoms. The van der Waals surface area contributed by atoms with Gasteiger partial charge in [0.05, 0.1) is 5.56 Å². The molecule has 1 heterocycles. The molecule has 3 rings (SSSR count). The second-order valence-corrected chi connectivity index (χ2v) is 5.59. The SMILES string of the molecule is Cn1c(COc2ccccc2C(N)=O)nnc1-c1ccc(Cl)cc1. The number of hydrogen-bond donors (Lipinski definition) is 1. The van der Waals surface area contributed by atoms with Crippen LogP contribution in [0.3, 0.4) is 0 Å². The lowest BCUT2D eigenvalue weighted by Crippen LogP contribution is -2.13. The molecule has 2 N–H and O–H groups in total. The number of aromatic nitrogens is 3. The van der Waals surface area contributed by atoms with E-state index in [-0.39, 0.29) is 6.61 Å². The lowest BCUT2D eigenvalue weighted by atomic mass is 10.2. The lowest BCUT2D eigenvalue weighted by Gasteiger charge is -2.09. The predicted molar refractivity (Wildman–Crippen MR) is 90.7 cm³/mol. The van der Waals surface area contributed by atoms with E-state index in [4.69, 9.17) is 22.1 Å². The Balaban J connectivity index is 1.80. The molecular weight excluding hydrogens is 328 g/mol. The minimum Gasteiger partial charge on any atom is -0.485 e. The van der Waals surface area contributed by atoms with E-state index in [1.165, 1.54) is 0 Å². The number of amides is 1. The van der Waals surface area contributed by atoms with Crippen molar-refractivity contribution in [2.75, 3.05) is 0 Å². The summed E-state index contributed by atoms with van der Waals surface area (Å²) in [5, 5.41) is 8.99. The molecule has 122 valence electrons. The zero-order chi connectivity index (χ0) is 17.1. The van der Waals surface area contributed by atoms with Gasteiger partial charge in [0.1, 0.15) is 12.4 Å². The summed E-state index contributed by atoms with van der Waals surface area (Å²) in [6, 6.07) is 14.2. The Labute approximate surface area is 143 Å². The molecule has 0 saturated heterocycles. The van der Waals surface area contributed by atoms with E-state index in [1.807, 2.05) is 23.7 Å². The van der Waals surface area contributed by atoms with Crippen molar-refractivity contribution >= 4 is 17.5 Å². The molecule has 0 unspecified atom stereocenters. The van der Waals surface area contributed by atoms with Gasteiger partial charge in [-0.3, -0.25) is 4.79 Å². The summed E-state index contributed by atoms with van der Waals surface area (Å²) in [7, 11) is 1.85. The molecule has 0 saturated carbocycles. The molecule has 0 aliphatic heterocycles. The number of halogens is 1. The fourth-order valence-electron chi connectivity index (χ4n) is 2.28. The van der Waals surface area contributed by atoms with Gasteiger partial charge in [0, 0.05) is 17.6 Å². The number of carbonyl (C=O) groups is 1. The van der Waals surface area contributed by atoms with Crippen LogP contribution in [-0.4, -0.2) is 20.7 Å². The van der Waals surface area contributed by atoms with Crippen molar-refractivity contribution in [2.24, 2.45) is 12.8 Å². The van der Waals surface area contributed by atoms with Gasteiger partial charge in [0.15, 0.2) is 11.6 Å². The summed E-state index contributed by atoms with van der Waals surface area (Å²) in [6.45, 7) is 0.168. The van der Waals surface area contributed by atoms with Gasteiger partial charge in [-0.05, 0) is 36.4 Å². The zero-order valence-corrected chi connectivity index (χ0v) is 13.7. The van der Waals surface area contributed by atoms with Crippen LogP contribution in [0.15, 0.2) is 48.5 Å². The molecule has 0 fully saturated rings. The first kappa shape index (κ1) is 16.0. The molecule has 0 aliphatic rings. The Morgan fingerprint density at radius 1 is 1.17 bits per heavy atom. The first-order chi connectivity index (χ1) is 11.6. The maximum absolute atomic E-state index is 11.4. The molecule has 7 heteroatoms. The van der Waals surface area contributed by atoms with Gasteiger partial charge in [-0.2, -0.15) is 0 Å². The summed E-state index contributed by atoms with van der Waals surface area (Å²) >= 11 is 5.90. The standard InChI is InChI=1S/C17H15ClN4O2/c1-22-15(10-24-14-5-3-2-4-13(14)16(19)23)20-21-17(22)11-6-8-12(18)9-7-11/h2-9H,10H2,1H3,(H2,19,23). The summed E-state index contributed by atoms with van der Waals surface area (Å²) in [5.74, 6) is 1.21. The van der Waals surface area contributed by atoms with Crippen molar-refractivity contribution in [3.8, 4) is 17.1 Å². The molecule has 0 bridgehead atoms. The lowest BCUT2D eigenvalue weighted by molar-refractivity contribution is 0.0995. The maximum atomic E-state index is 11.4. The quantitative estimate of drug-likeness (QED) is 0.772. The Kier molecular flexibility index (Phi) is 4.48. The second kappa shape index (κ2) is 6.72. The van der Waals surface area contributed by atoms with Crippen molar-refractivity contribution in [3.05, 3.63) is 64.9 Å². The number of para-hydroxylation sites is 1. The summed E-state index contributed by atoms with van der Waals surface area (Å²) in [5.41, 5.74) is 6.58. The van der Waals surface area contributed by atoms with Gasteiger partial charge in [-0.15, -0.1) is 10.2 Å². The van der Waals surface area contributed by atoms with Crippen LogP contribution in [0.1, 0.15) is 16.2 Å². The van der Waals surface area contributed by atoms with Crippen LogP contribution in [0.25, 0.3) is 11.4 Å². The van der Waals surface area contributed by atoms with Crippen LogP contribution in [-0.2, 0) is 13.7 Å². The van der Waals surface area contributed by atoms with Crippen LogP contribution >= 0.6 is 11.6 Å². The zero-order valence-electron chi connectivity index (χ0n) is 12.9. The van der Waals surface area contributed by atoms with E-state index in [1.54, 1.807) is 36.4 Å². The normalized spacial score (nSPS) is 10.6. The molecule has 0 aliphatic carbocycles. The predicted octanol–water partition coefficient (Wildman–Crippen LogP) is 2.81. The molecular formula is C17H15ClN4O2. The largest absolute Gasteiger partial charge is 0.485 e. The summed E-state index contributed by atoms with van der Waals surface area (Å²) in [4.78, 5) is 11.4. The van der Waals surface area contributed by atoms with E-state index >= 15 is 0 Å². The number of nitrogens with two attached hydrogens (primary N) is 1. The maximum Gasteiger partial charge on any atom is 0.252 e. The third kappa shape index (κ3) is 3.23. The van der Waals surface area contributed by atoms with Crippen molar-refractivity contribution in [1.29, 1.82) is 0 Å². The third-order valence-electron chi connectivity index (χ3n) is 3.58. The second-order valence-electron chi connectivity index (χ2n) is 5.15. The molecule has 1 amide bonds.